The van der Waals surface area contributed by atoms with Gasteiger partial charge in [-0.2, -0.15) is 4.98 Å². The van der Waals surface area contributed by atoms with Crippen LogP contribution in [0.2, 0.25) is 0 Å². The second kappa shape index (κ2) is 4.33. The standard InChI is InChI=1S/C13H20N2O2/c16-9-11-10-17-12(14-11)15-7-5-13(6-8-15)3-1-2-4-13/h10,16H,1-9H2. The van der Waals surface area contributed by atoms with Gasteiger partial charge in [0.05, 0.1) is 6.61 Å². The van der Waals surface area contributed by atoms with E-state index in [0.29, 0.717) is 17.1 Å². The summed E-state index contributed by atoms with van der Waals surface area (Å²) in [7, 11) is 0. The molecule has 1 aromatic heterocycles. The lowest BCUT2D eigenvalue weighted by Crippen LogP contribution is -2.39. The number of hydrogen-bond acceptors (Lipinski definition) is 4. The molecule has 94 valence electrons. The normalized spacial score (nSPS) is 23.5. The number of hydrogen-bond donors (Lipinski definition) is 1. The Hall–Kier alpha value is -1.03. The van der Waals surface area contributed by atoms with Crippen LogP contribution in [0.3, 0.4) is 0 Å². The van der Waals surface area contributed by atoms with Gasteiger partial charge in [-0.3, -0.25) is 0 Å². The number of nitrogens with zero attached hydrogens (tertiary/aromatic N) is 2. The fourth-order valence-electron chi connectivity index (χ4n) is 3.31. The summed E-state index contributed by atoms with van der Waals surface area (Å²) in [6.07, 6.45) is 9.73. The monoisotopic (exact) mass is 236 g/mol. The van der Waals surface area contributed by atoms with Crippen molar-refractivity contribution < 1.29 is 9.52 Å². The van der Waals surface area contributed by atoms with E-state index in [1.165, 1.54) is 38.5 Å². The summed E-state index contributed by atoms with van der Waals surface area (Å²) < 4.78 is 5.40. The maximum absolute atomic E-state index is 8.98. The molecule has 1 saturated carbocycles. The molecule has 1 aromatic rings. The van der Waals surface area contributed by atoms with Crippen molar-refractivity contribution in [3.05, 3.63) is 12.0 Å². The van der Waals surface area contributed by atoms with Crippen molar-refractivity contribution in [3.8, 4) is 0 Å². The number of anilines is 1. The van der Waals surface area contributed by atoms with Crippen molar-refractivity contribution in [2.24, 2.45) is 5.41 Å². The molecule has 4 heteroatoms. The van der Waals surface area contributed by atoms with Crippen molar-refractivity contribution in [3.63, 3.8) is 0 Å². The van der Waals surface area contributed by atoms with Gasteiger partial charge in [-0.05, 0) is 31.1 Å². The first-order valence-corrected chi connectivity index (χ1v) is 6.62. The predicted octanol–water partition coefficient (Wildman–Crippen LogP) is 2.33. The van der Waals surface area contributed by atoms with Crippen molar-refractivity contribution in [1.29, 1.82) is 0 Å². The molecule has 2 aliphatic rings. The lowest BCUT2D eigenvalue weighted by atomic mass is 9.77. The number of aliphatic hydroxyl groups excluding tert-OH is 1. The third-order valence-electron chi connectivity index (χ3n) is 4.46. The third kappa shape index (κ3) is 2.06. The van der Waals surface area contributed by atoms with Crippen LogP contribution in [0.15, 0.2) is 10.7 Å². The summed E-state index contributed by atoms with van der Waals surface area (Å²) in [5, 5.41) is 8.98. The Morgan fingerprint density at radius 2 is 1.94 bits per heavy atom. The van der Waals surface area contributed by atoms with Crippen LogP contribution in [0.5, 0.6) is 0 Å². The second-order valence-electron chi connectivity index (χ2n) is 5.47. The molecule has 3 rings (SSSR count). The fraction of sp³-hybridized carbons (Fsp3) is 0.769. The highest BCUT2D eigenvalue weighted by atomic mass is 16.4. The first-order valence-electron chi connectivity index (χ1n) is 6.62. The zero-order chi connectivity index (χ0) is 11.7. The Labute approximate surface area is 102 Å². The first-order chi connectivity index (χ1) is 8.31. The molecule has 0 radical (unpaired) electrons. The van der Waals surface area contributed by atoms with Gasteiger partial charge in [-0.15, -0.1) is 0 Å². The Balaban J connectivity index is 1.64. The molecular formula is C13H20N2O2. The highest BCUT2D eigenvalue weighted by Crippen LogP contribution is 2.46. The topological polar surface area (TPSA) is 49.5 Å². The Kier molecular flexibility index (Phi) is 2.82. The maximum atomic E-state index is 8.98. The van der Waals surface area contributed by atoms with Crippen LogP contribution in [-0.4, -0.2) is 23.2 Å². The van der Waals surface area contributed by atoms with E-state index in [4.69, 9.17) is 9.52 Å². The van der Waals surface area contributed by atoms with Gasteiger partial charge in [0, 0.05) is 13.1 Å². The van der Waals surface area contributed by atoms with E-state index in [1.807, 2.05) is 0 Å². The summed E-state index contributed by atoms with van der Waals surface area (Å²) in [5.41, 5.74) is 1.25. The van der Waals surface area contributed by atoms with Crippen LogP contribution in [0, 0.1) is 5.41 Å². The summed E-state index contributed by atoms with van der Waals surface area (Å²) in [5.74, 6) is 0. The van der Waals surface area contributed by atoms with Crippen molar-refractivity contribution in [1.82, 2.24) is 4.98 Å². The molecule has 17 heavy (non-hydrogen) atoms. The zero-order valence-electron chi connectivity index (χ0n) is 10.2. The average Bonchev–Trinajstić information content (AvgIpc) is 3.00. The molecule has 0 unspecified atom stereocenters. The summed E-state index contributed by atoms with van der Waals surface area (Å²) >= 11 is 0. The van der Waals surface area contributed by atoms with Gasteiger partial charge in [0.2, 0.25) is 0 Å². The van der Waals surface area contributed by atoms with Gasteiger partial charge in [-0.1, -0.05) is 12.8 Å². The van der Waals surface area contributed by atoms with E-state index in [-0.39, 0.29) is 6.61 Å². The minimum atomic E-state index is -0.0404. The summed E-state index contributed by atoms with van der Waals surface area (Å²) in [6, 6.07) is 0.682. The molecule has 0 aromatic carbocycles. The average molecular weight is 236 g/mol. The number of rotatable bonds is 2. The molecule has 2 heterocycles. The maximum Gasteiger partial charge on any atom is 0.297 e. The molecule has 1 saturated heterocycles. The van der Waals surface area contributed by atoms with Gasteiger partial charge in [0.1, 0.15) is 12.0 Å². The minimum absolute atomic E-state index is 0.0404. The van der Waals surface area contributed by atoms with Crippen molar-refractivity contribution in [2.75, 3.05) is 18.0 Å². The third-order valence-corrected chi connectivity index (χ3v) is 4.46. The SMILES string of the molecule is OCc1coc(N2CCC3(CCCC3)CC2)n1. The molecule has 1 spiro atoms. The zero-order valence-corrected chi connectivity index (χ0v) is 10.2. The molecule has 0 bridgehead atoms. The van der Waals surface area contributed by atoms with E-state index < -0.39 is 0 Å². The quantitative estimate of drug-likeness (QED) is 0.856. The van der Waals surface area contributed by atoms with Crippen LogP contribution < -0.4 is 4.90 Å². The molecule has 4 nitrogen and oxygen atoms in total. The molecule has 2 fully saturated rings. The predicted molar refractivity (Wildman–Crippen MR) is 64.8 cm³/mol. The van der Waals surface area contributed by atoms with E-state index >= 15 is 0 Å². The lowest BCUT2D eigenvalue weighted by molar-refractivity contribution is 0.222. The second-order valence-corrected chi connectivity index (χ2v) is 5.47. The molecular weight excluding hydrogens is 216 g/mol. The Bertz CT molecular complexity index is 373. The molecule has 1 N–H and O–H groups in total. The number of aromatic nitrogens is 1. The summed E-state index contributed by atoms with van der Waals surface area (Å²) in [4.78, 5) is 6.49. The van der Waals surface area contributed by atoms with Crippen LogP contribution in [0.4, 0.5) is 6.01 Å². The van der Waals surface area contributed by atoms with E-state index in [1.54, 1.807) is 6.26 Å². The largest absolute Gasteiger partial charge is 0.432 e. The van der Waals surface area contributed by atoms with E-state index in [0.717, 1.165) is 13.1 Å². The smallest absolute Gasteiger partial charge is 0.297 e. The van der Waals surface area contributed by atoms with Crippen LogP contribution >= 0.6 is 0 Å². The van der Waals surface area contributed by atoms with Crippen LogP contribution in [-0.2, 0) is 6.61 Å². The number of oxazole rings is 1. The van der Waals surface area contributed by atoms with Crippen molar-refractivity contribution in [2.45, 2.75) is 45.1 Å². The molecule has 0 amide bonds. The van der Waals surface area contributed by atoms with Crippen LogP contribution in [0.1, 0.15) is 44.2 Å². The number of piperidine rings is 1. The fourth-order valence-corrected chi connectivity index (χ4v) is 3.31. The summed E-state index contributed by atoms with van der Waals surface area (Å²) in [6.45, 7) is 2.05. The minimum Gasteiger partial charge on any atom is -0.432 e. The number of aliphatic hydroxyl groups is 1. The van der Waals surface area contributed by atoms with E-state index in [9.17, 15) is 0 Å². The van der Waals surface area contributed by atoms with Gasteiger partial charge < -0.3 is 14.4 Å². The molecule has 1 aliphatic carbocycles. The molecule has 0 atom stereocenters. The molecule has 1 aliphatic heterocycles. The Morgan fingerprint density at radius 3 is 2.53 bits per heavy atom. The van der Waals surface area contributed by atoms with E-state index in [2.05, 4.69) is 9.88 Å². The highest BCUT2D eigenvalue weighted by molar-refractivity contribution is 5.28. The van der Waals surface area contributed by atoms with Gasteiger partial charge in [-0.25, -0.2) is 0 Å². The highest BCUT2D eigenvalue weighted by Gasteiger charge is 2.37. The lowest BCUT2D eigenvalue weighted by Gasteiger charge is -2.38. The first kappa shape index (κ1) is 11.1. The van der Waals surface area contributed by atoms with Gasteiger partial charge in [0.15, 0.2) is 0 Å². The van der Waals surface area contributed by atoms with Crippen LogP contribution in [0.25, 0.3) is 0 Å². The Morgan fingerprint density at radius 1 is 1.24 bits per heavy atom. The van der Waals surface area contributed by atoms with Gasteiger partial charge >= 0.3 is 0 Å². The van der Waals surface area contributed by atoms with Gasteiger partial charge in [0.25, 0.3) is 6.01 Å². The van der Waals surface area contributed by atoms with Crippen molar-refractivity contribution >= 4 is 6.01 Å².